The average Bonchev–Trinajstić information content (AvgIpc) is 2.63. The molecule has 0 aliphatic carbocycles. The molecular weight excluding hydrogens is 374 g/mol. The van der Waals surface area contributed by atoms with Gasteiger partial charge in [-0.15, -0.1) is 0 Å². The maximum absolute atomic E-state index is 11.4. The van der Waals surface area contributed by atoms with E-state index < -0.39 is 17.5 Å². The van der Waals surface area contributed by atoms with E-state index in [9.17, 15) is 9.90 Å². The number of benzene rings is 1. The van der Waals surface area contributed by atoms with E-state index in [1.165, 1.54) is 13.0 Å². The number of nitrogens with zero attached hydrogens (tertiary/aromatic N) is 2. The third kappa shape index (κ3) is 7.65. The molecule has 0 atom stereocenters. The Balaban J connectivity index is 0.00000114. The highest BCUT2D eigenvalue weighted by Gasteiger charge is 2.08. The number of hydrogen-bond acceptors (Lipinski definition) is 9. The number of hydrogen-bond donors (Lipinski definition) is 2. The van der Waals surface area contributed by atoms with Crippen LogP contribution in [0.4, 0.5) is 5.69 Å². The fraction of sp³-hybridized carbons (Fsp3) is 0.235. The number of phenolic OH excluding ortho intramolecular Hbond substituents is 1. The van der Waals surface area contributed by atoms with Crippen LogP contribution in [0.15, 0.2) is 41.6 Å². The van der Waals surface area contributed by atoms with Gasteiger partial charge in [-0.2, -0.15) is 13.5 Å². The number of nitrogens with one attached hydrogen (secondary N) is 1. The van der Waals surface area contributed by atoms with Gasteiger partial charge in [0.25, 0.3) is 0 Å². The van der Waals surface area contributed by atoms with Gasteiger partial charge in [0, 0.05) is 18.3 Å². The van der Waals surface area contributed by atoms with E-state index in [0.29, 0.717) is 17.3 Å². The Morgan fingerprint density at radius 3 is 2.56 bits per heavy atom. The predicted molar refractivity (Wildman–Crippen MR) is 99.4 cm³/mol. The van der Waals surface area contributed by atoms with Crippen LogP contribution in [-0.4, -0.2) is 36.8 Å². The van der Waals surface area contributed by atoms with Gasteiger partial charge in [0.2, 0.25) is 5.88 Å². The summed E-state index contributed by atoms with van der Waals surface area (Å²) >= 11 is -0.750. The number of hydrazone groups is 1. The Bertz CT molecular complexity index is 833. The predicted octanol–water partition coefficient (Wildman–Crippen LogP) is 2.57. The Kier molecular flexibility index (Phi) is 9.16. The van der Waals surface area contributed by atoms with Crippen molar-refractivity contribution in [3.63, 3.8) is 0 Å². The molecule has 1 heterocycles. The Morgan fingerprint density at radius 1 is 1.30 bits per heavy atom. The summed E-state index contributed by atoms with van der Waals surface area (Å²) < 4.78 is 27.0. The quantitative estimate of drug-likeness (QED) is 0.332. The number of aryl methyl sites for hydroxylation is 1. The van der Waals surface area contributed by atoms with Crippen molar-refractivity contribution in [3.8, 4) is 17.4 Å². The van der Waals surface area contributed by atoms with E-state index in [2.05, 4.69) is 15.5 Å². The fourth-order valence-corrected chi connectivity index (χ4v) is 1.73. The lowest BCUT2D eigenvalue weighted by atomic mass is 10.3. The molecule has 0 bridgehead atoms. The maximum Gasteiger partial charge on any atom is 0.354 e. The Hall–Kier alpha value is -3.27. The van der Waals surface area contributed by atoms with Crippen molar-refractivity contribution in [1.82, 2.24) is 4.98 Å². The second-order valence-electron chi connectivity index (χ2n) is 5.05. The van der Waals surface area contributed by atoms with Gasteiger partial charge < -0.3 is 14.6 Å². The lowest BCUT2D eigenvalue weighted by Crippen LogP contribution is -2.15. The second-order valence-corrected chi connectivity index (χ2v) is 5.19. The lowest BCUT2D eigenvalue weighted by Gasteiger charge is -2.08. The molecule has 2 aromatic rings. The molecule has 10 heteroatoms. The first-order valence-corrected chi connectivity index (χ1v) is 8.40. The zero-order valence-electron chi connectivity index (χ0n) is 15.0. The minimum atomic E-state index is -0.750. The lowest BCUT2D eigenvalue weighted by molar-refractivity contribution is -0.135. The van der Waals surface area contributed by atoms with Gasteiger partial charge in [-0.3, -0.25) is 5.43 Å². The van der Waals surface area contributed by atoms with E-state index in [1.807, 2.05) is 13.0 Å². The van der Waals surface area contributed by atoms with Crippen molar-refractivity contribution in [1.29, 1.82) is 0 Å². The zero-order valence-corrected chi connectivity index (χ0v) is 15.8. The Morgan fingerprint density at radius 2 is 2.00 bits per heavy atom. The van der Waals surface area contributed by atoms with Crippen LogP contribution in [0.2, 0.25) is 0 Å². The summed E-state index contributed by atoms with van der Waals surface area (Å²) in [5.74, 6) is 0.271. The maximum atomic E-state index is 11.4. The van der Waals surface area contributed by atoms with Crippen molar-refractivity contribution in [2.75, 3.05) is 12.0 Å². The van der Waals surface area contributed by atoms with Gasteiger partial charge >= 0.3 is 17.5 Å². The monoisotopic (exact) mass is 393 g/mol. The van der Waals surface area contributed by atoms with Gasteiger partial charge in [0.15, 0.2) is 0 Å². The van der Waals surface area contributed by atoms with Gasteiger partial charge in [-0.1, -0.05) is 6.07 Å². The van der Waals surface area contributed by atoms with Crippen molar-refractivity contribution in [2.24, 2.45) is 5.10 Å². The number of aromatic nitrogens is 1. The van der Waals surface area contributed by atoms with Crippen molar-refractivity contribution < 1.29 is 27.8 Å². The van der Waals surface area contributed by atoms with Gasteiger partial charge in [0.1, 0.15) is 17.2 Å². The normalized spacial score (nSPS) is 10.3. The highest BCUT2D eigenvalue weighted by molar-refractivity contribution is 7.51. The Labute approximate surface area is 159 Å². The molecule has 9 nitrogen and oxygen atoms in total. The molecule has 0 spiro atoms. The highest BCUT2D eigenvalue weighted by Crippen LogP contribution is 2.30. The van der Waals surface area contributed by atoms with Crippen molar-refractivity contribution in [2.45, 2.75) is 20.8 Å². The third-order valence-corrected chi connectivity index (χ3v) is 2.99. The molecule has 0 saturated heterocycles. The molecule has 0 saturated carbocycles. The number of ether oxygens (including phenoxy) is 2. The molecule has 0 radical (unpaired) electrons. The number of phenols is 1. The average molecular weight is 393 g/mol. The number of esters is 1. The first-order valence-electron chi connectivity index (χ1n) is 7.74. The summed E-state index contributed by atoms with van der Waals surface area (Å²) in [6.45, 7) is 5.44. The molecule has 2 N–H and O–H groups in total. The summed E-state index contributed by atoms with van der Waals surface area (Å²) in [6, 6.07) is 8.29. The summed E-state index contributed by atoms with van der Waals surface area (Å²) in [5, 5.41) is 13.9. The van der Waals surface area contributed by atoms with Gasteiger partial charge in [0.05, 0.1) is 12.3 Å². The minimum Gasteiger partial charge on any atom is -0.506 e. The second kappa shape index (κ2) is 11.4. The number of carbonyl (C=O) groups excluding carboxylic acids is 1. The summed E-state index contributed by atoms with van der Waals surface area (Å²) in [6.07, 6.45) is 1.69. The number of carbonyl (C=O) groups is 1. The van der Waals surface area contributed by atoms with E-state index in [4.69, 9.17) is 17.9 Å². The van der Waals surface area contributed by atoms with E-state index >= 15 is 0 Å². The number of pyridine rings is 1. The smallest absolute Gasteiger partial charge is 0.354 e. The third-order valence-electron chi connectivity index (χ3n) is 2.99. The first-order chi connectivity index (χ1) is 12.9. The van der Waals surface area contributed by atoms with Crippen LogP contribution in [0, 0.1) is 6.92 Å². The molecule has 27 heavy (non-hydrogen) atoms. The SMILES string of the molecule is CCOC(=O)/C(C)=N/Nc1ccc(Oc2ccc(C)cn2)cc1O.O=S=O. The highest BCUT2D eigenvalue weighted by atomic mass is 32.1. The minimum absolute atomic E-state index is 0.0694. The summed E-state index contributed by atoms with van der Waals surface area (Å²) in [7, 11) is 0. The molecule has 0 aliphatic rings. The molecule has 1 aromatic carbocycles. The van der Waals surface area contributed by atoms with E-state index in [1.54, 1.807) is 31.3 Å². The molecule has 0 unspecified atom stereocenters. The molecule has 0 aliphatic heterocycles. The van der Waals surface area contributed by atoms with Crippen LogP contribution in [-0.2, 0) is 21.1 Å². The topological polar surface area (TPSA) is 127 Å². The fourth-order valence-electron chi connectivity index (χ4n) is 1.73. The largest absolute Gasteiger partial charge is 0.506 e. The molecule has 2 rings (SSSR count). The van der Waals surface area contributed by atoms with Crippen LogP contribution in [0.5, 0.6) is 17.4 Å². The van der Waals surface area contributed by atoms with Crippen LogP contribution in [0.25, 0.3) is 0 Å². The zero-order chi connectivity index (χ0) is 20.2. The van der Waals surface area contributed by atoms with Gasteiger partial charge in [-0.25, -0.2) is 9.78 Å². The molecule has 1 aromatic heterocycles. The summed E-state index contributed by atoms with van der Waals surface area (Å²) in [5.41, 5.74) is 4.13. The molecule has 0 amide bonds. The van der Waals surface area contributed by atoms with Crippen molar-refractivity contribution >= 4 is 28.9 Å². The van der Waals surface area contributed by atoms with E-state index in [-0.39, 0.29) is 18.1 Å². The van der Waals surface area contributed by atoms with Crippen molar-refractivity contribution in [3.05, 3.63) is 42.1 Å². The molecule has 144 valence electrons. The van der Waals surface area contributed by atoms with Crippen LogP contribution in [0.1, 0.15) is 19.4 Å². The van der Waals surface area contributed by atoms with Crippen LogP contribution in [0.3, 0.4) is 0 Å². The first kappa shape index (κ1) is 21.8. The number of aromatic hydroxyl groups is 1. The number of anilines is 1. The molecule has 0 fully saturated rings. The molecular formula is C17H19N3O6S. The van der Waals surface area contributed by atoms with E-state index in [0.717, 1.165) is 5.56 Å². The number of rotatable bonds is 6. The standard InChI is InChI=1S/C17H19N3O4.O2S/c1-4-23-17(22)12(3)19-20-14-7-6-13(9-15(14)21)24-16-8-5-11(2)10-18-16;1-3-2/h5-10,20-21H,4H2,1-3H3;/b19-12+;. The van der Waals surface area contributed by atoms with Crippen LogP contribution < -0.4 is 10.2 Å². The summed E-state index contributed by atoms with van der Waals surface area (Å²) in [4.78, 5) is 15.6. The van der Waals surface area contributed by atoms with Gasteiger partial charge in [-0.05, 0) is 38.5 Å². The van der Waals surface area contributed by atoms with Crippen LogP contribution >= 0.6 is 0 Å².